The van der Waals surface area contributed by atoms with Crippen LogP contribution < -0.4 is 5.32 Å². The van der Waals surface area contributed by atoms with Crippen LogP contribution in [-0.4, -0.2) is 57.8 Å². The number of carboxylic acid groups (broad SMARTS) is 1. The molecule has 2 amide bonds. The first kappa shape index (κ1) is 26.3. The van der Waals surface area contributed by atoms with Gasteiger partial charge in [0.05, 0.1) is 0 Å². The Hall–Kier alpha value is -3.00. The van der Waals surface area contributed by atoms with Crippen LogP contribution in [0, 0.1) is 0 Å². The Morgan fingerprint density at radius 3 is 2.09 bits per heavy atom. The van der Waals surface area contributed by atoms with E-state index in [1.54, 1.807) is 25.7 Å². The number of hydrogen-bond donors (Lipinski definition) is 2. The average molecular weight is 473 g/mol. The number of thioether (sulfide) groups is 1. The Labute approximate surface area is 199 Å². The number of ether oxygens (including phenoxy) is 1. The number of carboxylic acids is 1. The molecule has 2 N–H and O–H groups in total. The summed E-state index contributed by atoms with van der Waals surface area (Å²) in [6.07, 6.45) is 0.795. The second-order valence-corrected chi connectivity index (χ2v) is 9.60. The summed E-state index contributed by atoms with van der Waals surface area (Å²) in [5.41, 5.74) is 1.30. The molecule has 0 aromatic heterocycles. The van der Waals surface area contributed by atoms with Gasteiger partial charge in [0.15, 0.2) is 0 Å². The average Bonchev–Trinajstić information content (AvgIpc) is 2.75. The van der Waals surface area contributed by atoms with Crippen molar-refractivity contribution < 1.29 is 24.2 Å². The van der Waals surface area contributed by atoms with Gasteiger partial charge in [-0.2, -0.15) is 0 Å². The fraction of sp³-hybridized carbons (Fsp3) is 0.400. The molecule has 0 bridgehead atoms. The van der Waals surface area contributed by atoms with Crippen molar-refractivity contribution in [1.29, 1.82) is 0 Å². The molecule has 1 atom stereocenters. The molecule has 8 heteroatoms. The van der Waals surface area contributed by atoms with Gasteiger partial charge in [0.1, 0.15) is 11.6 Å². The van der Waals surface area contributed by atoms with Gasteiger partial charge in [-0.1, -0.05) is 60.7 Å². The summed E-state index contributed by atoms with van der Waals surface area (Å²) in [6.45, 7) is 6.06. The number of urea groups is 1. The van der Waals surface area contributed by atoms with Crippen molar-refractivity contribution in [2.45, 2.75) is 45.3 Å². The lowest BCUT2D eigenvalue weighted by molar-refractivity contribution is -0.139. The predicted molar refractivity (Wildman–Crippen MR) is 131 cm³/mol. The highest BCUT2D eigenvalue weighted by atomic mass is 32.2. The van der Waals surface area contributed by atoms with Crippen LogP contribution in [0.4, 0.5) is 9.59 Å². The molecule has 0 saturated carbocycles. The minimum Gasteiger partial charge on any atom is -0.480 e. The number of nitrogens with zero attached hydrogens (tertiary/aromatic N) is 1. The summed E-state index contributed by atoms with van der Waals surface area (Å²) in [4.78, 5) is 38.3. The lowest BCUT2D eigenvalue weighted by Gasteiger charge is -2.25. The molecule has 0 fully saturated rings. The predicted octanol–water partition coefficient (Wildman–Crippen LogP) is 4.60. The third kappa shape index (κ3) is 10.4. The maximum Gasteiger partial charge on any atom is 0.367 e. The minimum absolute atomic E-state index is 0.182. The molecule has 2 rings (SSSR count). The van der Waals surface area contributed by atoms with Crippen molar-refractivity contribution in [3.8, 4) is 0 Å². The molecular weight excluding hydrogens is 440 g/mol. The normalized spacial score (nSPS) is 12.0. The highest BCUT2D eigenvalue weighted by molar-refractivity contribution is 8.13. The summed E-state index contributed by atoms with van der Waals surface area (Å²) in [6, 6.07) is 17.4. The Kier molecular flexibility index (Phi) is 10.3. The molecule has 0 radical (unpaired) electrons. The number of hydrogen-bond acceptors (Lipinski definition) is 5. The third-order valence-corrected chi connectivity index (χ3v) is 5.36. The Balaban J connectivity index is 2.01. The SMILES string of the molecule is CC(C)(C)OC(=O)SCCN(CCc1ccccc1)C(=O)NC(Cc1ccccc1)C(=O)O. The van der Waals surface area contributed by atoms with E-state index in [1.807, 2.05) is 60.7 Å². The van der Waals surface area contributed by atoms with E-state index in [0.717, 1.165) is 22.9 Å². The second-order valence-electron chi connectivity index (χ2n) is 8.57. The van der Waals surface area contributed by atoms with Gasteiger partial charge >= 0.3 is 17.3 Å². The maximum absolute atomic E-state index is 13.0. The van der Waals surface area contributed by atoms with Gasteiger partial charge < -0.3 is 20.1 Å². The van der Waals surface area contributed by atoms with Crippen molar-refractivity contribution in [2.24, 2.45) is 0 Å². The molecule has 178 valence electrons. The van der Waals surface area contributed by atoms with Gasteiger partial charge in [-0.15, -0.1) is 0 Å². The minimum atomic E-state index is -1.10. The fourth-order valence-corrected chi connectivity index (χ4v) is 3.82. The van der Waals surface area contributed by atoms with E-state index in [1.165, 1.54) is 0 Å². The van der Waals surface area contributed by atoms with Gasteiger partial charge in [0.25, 0.3) is 0 Å². The van der Waals surface area contributed by atoms with E-state index >= 15 is 0 Å². The summed E-state index contributed by atoms with van der Waals surface area (Å²) in [7, 11) is 0. The van der Waals surface area contributed by atoms with Gasteiger partial charge in [-0.25, -0.2) is 14.4 Å². The molecule has 0 spiro atoms. The van der Waals surface area contributed by atoms with Crippen LogP contribution in [-0.2, 0) is 22.4 Å². The Bertz CT molecular complexity index is 900. The molecular formula is C25H32N2O5S. The van der Waals surface area contributed by atoms with Crippen molar-refractivity contribution in [3.05, 3.63) is 71.8 Å². The van der Waals surface area contributed by atoms with Crippen molar-refractivity contribution in [1.82, 2.24) is 10.2 Å². The van der Waals surface area contributed by atoms with Gasteiger partial charge in [0, 0.05) is 25.3 Å². The molecule has 0 aliphatic carbocycles. The zero-order valence-electron chi connectivity index (χ0n) is 19.3. The monoisotopic (exact) mass is 472 g/mol. The number of aliphatic carboxylic acids is 1. The van der Waals surface area contributed by atoms with E-state index in [2.05, 4.69) is 5.32 Å². The van der Waals surface area contributed by atoms with Crippen LogP contribution in [0.15, 0.2) is 60.7 Å². The summed E-state index contributed by atoms with van der Waals surface area (Å²) in [5.74, 6) is -0.758. The van der Waals surface area contributed by atoms with E-state index in [-0.39, 0.29) is 13.0 Å². The summed E-state index contributed by atoms with van der Waals surface area (Å²) < 4.78 is 5.30. The zero-order chi connectivity index (χ0) is 24.3. The van der Waals surface area contributed by atoms with Gasteiger partial charge in [-0.3, -0.25) is 0 Å². The highest BCUT2D eigenvalue weighted by Gasteiger charge is 2.24. The maximum atomic E-state index is 13.0. The first-order valence-electron chi connectivity index (χ1n) is 10.9. The topological polar surface area (TPSA) is 95.9 Å². The molecule has 0 saturated heterocycles. The van der Waals surface area contributed by atoms with Gasteiger partial charge in [-0.05, 0) is 50.1 Å². The van der Waals surface area contributed by atoms with Crippen LogP contribution >= 0.6 is 11.8 Å². The smallest absolute Gasteiger partial charge is 0.367 e. The largest absolute Gasteiger partial charge is 0.480 e. The zero-order valence-corrected chi connectivity index (χ0v) is 20.1. The molecule has 7 nitrogen and oxygen atoms in total. The number of benzene rings is 2. The lowest BCUT2D eigenvalue weighted by atomic mass is 10.1. The van der Waals surface area contributed by atoms with E-state index < -0.39 is 28.9 Å². The molecule has 0 heterocycles. The van der Waals surface area contributed by atoms with Crippen LogP contribution in [0.3, 0.4) is 0 Å². The highest BCUT2D eigenvalue weighted by Crippen LogP contribution is 2.15. The van der Waals surface area contributed by atoms with E-state index in [0.29, 0.717) is 18.7 Å². The van der Waals surface area contributed by atoms with Crippen molar-refractivity contribution >= 4 is 29.1 Å². The second kappa shape index (κ2) is 12.9. The number of rotatable bonds is 10. The number of nitrogens with one attached hydrogen (secondary N) is 1. The first-order chi connectivity index (χ1) is 15.6. The molecule has 2 aromatic carbocycles. The number of amides is 2. The standard InChI is InChI=1S/C25H32N2O5S/c1-25(2,3)32-24(31)33-17-16-27(15-14-19-10-6-4-7-11-19)23(30)26-21(22(28)29)18-20-12-8-5-9-13-20/h4-13,21H,14-18H2,1-3H3,(H,26,30)(H,28,29). The summed E-state index contributed by atoms with van der Waals surface area (Å²) >= 11 is 0.999. The first-order valence-corrected chi connectivity index (χ1v) is 11.8. The van der Waals surface area contributed by atoms with Crippen LogP contribution in [0.1, 0.15) is 31.9 Å². The molecule has 33 heavy (non-hydrogen) atoms. The number of carbonyl (C=O) groups excluding carboxylic acids is 2. The molecule has 0 aliphatic rings. The van der Waals surface area contributed by atoms with Crippen LogP contribution in [0.2, 0.25) is 0 Å². The Morgan fingerprint density at radius 1 is 0.970 bits per heavy atom. The van der Waals surface area contributed by atoms with Crippen molar-refractivity contribution in [3.63, 3.8) is 0 Å². The molecule has 1 unspecified atom stereocenters. The summed E-state index contributed by atoms with van der Waals surface area (Å²) in [5, 5.41) is 11.9. The van der Waals surface area contributed by atoms with E-state index in [4.69, 9.17) is 4.74 Å². The van der Waals surface area contributed by atoms with Crippen LogP contribution in [0.5, 0.6) is 0 Å². The third-order valence-electron chi connectivity index (χ3n) is 4.65. The Morgan fingerprint density at radius 2 is 1.55 bits per heavy atom. The van der Waals surface area contributed by atoms with E-state index in [9.17, 15) is 19.5 Å². The molecule has 2 aromatic rings. The lowest BCUT2D eigenvalue weighted by Crippen LogP contribution is -2.50. The van der Waals surface area contributed by atoms with Crippen molar-refractivity contribution in [2.75, 3.05) is 18.8 Å². The molecule has 0 aliphatic heterocycles. The van der Waals surface area contributed by atoms with Gasteiger partial charge in [0.2, 0.25) is 0 Å². The fourth-order valence-electron chi connectivity index (χ4n) is 3.03. The van der Waals surface area contributed by atoms with Crippen LogP contribution in [0.25, 0.3) is 0 Å². The number of carbonyl (C=O) groups is 3. The quantitative estimate of drug-likeness (QED) is 0.491.